The van der Waals surface area contributed by atoms with Gasteiger partial charge in [-0.25, -0.2) is 13.1 Å². The molecule has 0 aliphatic carbocycles. The Morgan fingerprint density at radius 3 is 2.42 bits per heavy atom. The summed E-state index contributed by atoms with van der Waals surface area (Å²) in [4.78, 5) is 2.49. The summed E-state index contributed by atoms with van der Waals surface area (Å²) >= 11 is 0. The lowest BCUT2D eigenvalue weighted by molar-refractivity contribution is 0.169. The second-order valence-electron chi connectivity index (χ2n) is 6.16. The van der Waals surface area contributed by atoms with Crippen molar-refractivity contribution < 1.29 is 8.42 Å². The third kappa shape index (κ3) is 7.28. The van der Waals surface area contributed by atoms with Gasteiger partial charge in [-0.05, 0) is 44.2 Å². The highest BCUT2D eigenvalue weighted by Gasteiger charge is 2.21. The average Bonchev–Trinajstić information content (AvgIpc) is 2.35. The molecule has 0 unspecified atom stereocenters. The van der Waals surface area contributed by atoms with Crippen LogP contribution in [-0.4, -0.2) is 45.2 Å². The van der Waals surface area contributed by atoms with Gasteiger partial charge >= 0.3 is 0 Å². The standard InChI is InChI=1S/C14H30N2O2S/c1-4-5-10-19(17,18)15-11-14-6-8-16(9-7-14)12-13(2)3/h13-15H,4-12H2,1-3H3. The van der Waals surface area contributed by atoms with Crippen LogP contribution < -0.4 is 4.72 Å². The molecule has 19 heavy (non-hydrogen) atoms. The summed E-state index contributed by atoms with van der Waals surface area (Å²) < 4.78 is 26.2. The first-order valence-electron chi connectivity index (χ1n) is 7.62. The molecule has 0 atom stereocenters. The highest BCUT2D eigenvalue weighted by atomic mass is 32.2. The van der Waals surface area contributed by atoms with Gasteiger partial charge in [0.2, 0.25) is 10.0 Å². The Morgan fingerprint density at radius 1 is 1.26 bits per heavy atom. The van der Waals surface area contributed by atoms with E-state index in [0.717, 1.165) is 45.3 Å². The van der Waals surface area contributed by atoms with Crippen LogP contribution >= 0.6 is 0 Å². The van der Waals surface area contributed by atoms with E-state index in [2.05, 4.69) is 23.5 Å². The molecule has 0 aromatic carbocycles. The summed E-state index contributed by atoms with van der Waals surface area (Å²) in [6.07, 6.45) is 3.91. The monoisotopic (exact) mass is 290 g/mol. The van der Waals surface area contributed by atoms with Crippen molar-refractivity contribution in [1.82, 2.24) is 9.62 Å². The number of nitrogens with one attached hydrogen (secondary N) is 1. The predicted octanol–water partition coefficient (Wildman–Crippen LogP) is 2.07. The van der Waals surface area contributed by atoms with Gasteiger partial charge in [0.25, 0.3) is 0 Å². The number of nitrogens with zero attached hydrogens (tertiary/aromatic N) is 1. The van der Waals surface area contributed by atoms with Crippen LogP contribution in [0, 0.1) is 11.8 Å². The number of rotatable bonds is 8. The summed E-state index contributed by atoms with van der Waals surface area (Å²) in [6.45, 7) is 10.5. The zero-order valence-electron chi connectivity index (χ0n) is 12.7. The smallest absolute Gasteiger partial charge is 0.211 e. The van der Waals surface area contributed by atoms with E-state index in [0.29, 0.717) is 18.4 Å². The molecule has 1 fully saturated rings. The fourth-order valence-corrected chi connectivity index (χ4v) is 3.84. The first kappa shape index (κ1) is 16.9. The number of piperidine rings is 1. The normalized spacial score (nSPS) is 19.2. The molecule has 4 nitrogen and oxygen atoms in total. The SMILES string of the molecule is CCCCS(=O)(=O)NCC1CCN(CC(C)C)CC1. The molecule has 1 aliphatic rings. The van der Waals surface area contributed by atoms with Gasteiger partial charge in [-0.15, -0.1) is 0 Å². The Kier molecular flexibility index (Phi) is 7.32. The molecule has 0 saturated carbocycles. The van der Waals surface area contributed by atoms with Crippen molar-refractivity contribution >= 4 is 10.0 Å². The molecule has 1 aliphatic heterocycles. The Morgan fingerprint density at radius 2 is 1.89 bits per heavy atom. The highest BCUT2D eigenvalue weighted by Crippen LogP contribution is 2.17. The van der Waals surface area contributed by atoms with Crippen molar-refractivity contribution in [2.75, 3.05) is 31.9 Å². The Bertz CT molecular complexity index is 333. The van der Waals surface area contributed by atoms with Crippen LogP contribution in [-0.2, 0) is 10.0 Å². The molecule has 0 aromatic heterocycles. The van der Waals surface area contributed by atoms with Gasteiger partial charge in [-0.2, -0.15) is 0 Å². The molecule has 0 bridgehead atoms. The minimum Gasteiger partial charge on any atom is -0.303 e. The number of likely N-dealkylation sites (tertiary alicyclic amines) is 1. The molecular formula is C14H30N2O2S. The predicted molar refractivity (Wildman–Crippen MR) is 80.7 cm³/mol. The van der Waals surface area contributed by atoms with E-state index >= 15 is 0 Å². The molecule has 1 N–H and O–H groups in total. The molecule has 1 rings (SSSR count). The van der Waals surface area contributed by atoms with Gasteiger partial charge in [0, 0.05) is 13.1 Å². The van der Waals surface area contributed by atoms with Gasteiger partial charge < -0.3 is 4.90 Å². The summed E-state index contributed by atoms with van der Waals surface area (Å²) in [5.74, 6) is 1.50. The van der Waals surface area contributed by atoms with E-state index in [1.807, 2.05) is 6.92 Å². The van der Waals surface area contributed by atoms with Crippen molar-refractivity contribution in [3.8, 4) is 0 Å². The molecule has 5 heteroatoms. The maximum atomic E-state index is 11.7. The zero-order chi connectivity index (χ0) is 14.3. The van der Waals surface area contributed by atoms with E-state index in [-0.39, 0.29) is 5.75 Å². The van der Waals surface area contributed by atoms with Crippen LogP contribution in [0.3, 0.4) is 0 Å². The lowest BCUT2D eigenvalue weighted by Gasteiger charge is -2.32. The maximum Gasteiger partial charge on any atom is 0.211 e. The van der Waals surface area contributed by atoms with Crippen molar-refractivity contribution in [3.05, 3.63) is 0 Å². The lowest BCUT2D eigenvalue weighted by Crippen LogP contribution is -2.40. The quantitative estimate of drug-likeness (QED) is 0.744. The van der Waals surface area contributed by atoms with Crippen LogP contribution in [0.4, 0.5) is 0 Å². The van der Waals surface area contributed by atoms with Crippen molar-refractivity contribution in [1.29, 1.82) is 0 Å². The summed E-state index contributed by atoms with van der Waals surface area (Å²) in [6, 6.07) is 0. The summed E-state index contributed by atoms with van der Waals surface area (Å²) in [7, 11) is -3.04. The van der Waals surface area contributed by atoms with Crippen LogP contribution in [0.2, 0.25) is 0 Å². The maximum absolute atomic E-state index is 11.7. The van der Waals surface area contributed by atoms with Gasteiger partial charge in [0.1, 0.15) is 0 Å². The van der Waals surface area contributed by atoms with E-state index in [1.165, 1.54) is 0 Å². The van der Waals surface area contributed by atoms with Gasteiger partial charge in [-0.1, -0.05) is 27.2 Å². The second kappa shape index (κ2) is 8.22. The summed E-state index contributed by atoms with van der Waals surface area (Å²) in [5, 5.41) is 0. The van der Waals surface area contributed by atoms with E-state index in [9.17, 15) is 8.42 Å². The number of sulfonamides is 1. The number of unbranched alkanes of at least 4 members (excludes halogenated alkanes) is 1. The third-order valence-corrected chi connectivity index (χ3v) is 5.12. The Balaban J connectivity index is 2.22. The minimum atomic E-state index is -3.04. The topological polar surface area (TPSA) is 49.4 Å². The second-order valence-corrected chi connectivity index (χ2v) is 8.09. The van der Waals surface area contributed by atoms with E-state index in [4.69, 9.17) is 0 Å². The highest BCUT2D eigenvalue weighted by molar-refractivity contribution is 7.89. The molecule has 0 aromatic rings. The van der Waals surface area contributed by atoms with Crippen molar-refractivity contribution in [2.24, 2.45) is 11.8 Å². The molecular weight excluding hydrogens is 260 g/mol. The largest absolute Gasteiger partial charge is 0.303 e. The van der Waals surface area contributed by atoms with Crippen LogP contribution in [0.25, 0.3) is 0 Å². The van der Waals surface area contributed by atoms with Crippen LogP contribution in [0.15, 0.2) is 0 Å². The fraction of sp³-hybridized carbons (Fsp3) is 1.00. The molecule has 0 spiro atoms. The minimum absolute atomic E-state index is 0.274. The number of hydrogen-bond donors (Lipinski definition) is 1. The molecule has 114 valence electrons. The molecule has 0 radical (unpaired) electrons. The molecule has 1 saturated heterocycles. The first-order valence-corrected chi connectivity index (χ1v) is 9.28. The lowest BCUT2D eigenvalue weighted by atomic mass is 9.96. The first-order chi connectivity index (χ1) is 8.93. The summed E-state index contributed by atoms with van der Waals surface area (Å²) in [5.41, 5.74) is 0. The Hall–Kier alpha value is -0.130. The Labute approximate surface area is 119 Å². The van der Waals surface area contributed by atoms with Crippen molar-refractivity contribution in [3.63, 3.8) is 0 Å². The van der Waals surface area contributed by atoms with Crippen LogP contribution in [0.1, 0.15) is 46.5 Å². The average molecular weight is 290 g/mol. The van der Waals surface area contributed by atoms with E-state index < -0.39 is 10.0 Å². The third-order valence-electron chi connectivity index (χ3n) is 3.69. The molecule has 0 amide bonds. The van der Waals surface area contributed by atoms with E-state index in [1.54, 1.807) is 0 Å². The van der Waals surface area contributed by atoms with Crippen LogP contribution in [0.5, 0.6) is 0 Å². The van der Waals surface area contributed by atoms with Gasteiger partial charge in [0.05, 0.1) is 5.75 Å². The number of hydrogen-bond acceptors (Lipinski definition) is 3. The molecule has 1 heterocycles. The zero-order valence-corrected chi connectivity index (χ0v) is 13.5. The van der Waals surface area contributed by atoms with Crippen molar-refractivity contribution in [2.45, 2.75) is 46.5 Å². The fourth-order valence-electron chi connectivity index (χ4n) is 2.54. The van der Waals surface area contributed by atoms with Gasteiger partial charge in [0.15, 0.2) is 0 Å². The van der Waals surface area contributed by atoms with Gasteiger partial charge in [-0.3, -0.25) is 0 Å².